The summed E-state index contributed by atoms with van der Waals surface area (Å²) in [6.07, 6.45) is 3.67. The summed E-state index contributed by atoms with van der Waals surface area (Å²) in [6.45, 7) is 1.34. The number of para-hydroxylation sites is 1. The lowest BCUT2D eigenvalue weighted by molar-refractivity contribution is -0.119. The van der Waals surface area contributed by atoms with Crippen molar-refractivity contribution in [1.82, 2.24) is 30.3 Å². The Labute approximate surface area is 154 Å². The van der Waals surface area contributed by atoms with Gasteiger partial charge < -0.3 is 10.1 Å². The lowest BCUT2D eigenvalue weighted by Crippen LogP contribution is -2.32. The maximum absolute atomic E-state index is 12.1. The molecule has 26 heavy (non-hydrogen) atoms. The third kappa shape index (κ3) is 3.68. The maximum Gasteiger partial charge on any atom is 0.230 e. The Kier molecular flexibility index (Phi) is 5.07. The van der Waals surface area contributed by atoms with Crippen molar-refractivity contribution in [2.75, 3.05) is 18.9 Å². The van der Waals surface area contributed by atoms with Crippen LogP contribution in [0.5, 0.6) is 0 Å². The zero-order chi connectivity index (χ0) is 17.8. The second-order valence-electron chi connectivity index (χ2n) is 5.92. The van der Waals surface area contributed by atoms with E-state index in [-0.39, 0.29) is 17.8 Å². The van der Waals surface area contributed by atoms with Gasteiger partial charge in [0.1, 0.15) is 11.4 Å². The minimum absolute atomic E-state index is 0.0484. The van der Waals surface area contributed by atoms with Gasteiger partial charge in [0.25, 0.3) is 0 Å². The third-order valence-corrected chi connectivity index (χ3v) is 5.07. The molecule has 3 aromatic rings. The minimum atomic E-state index is -0.0484. The molecule has 1 N–H and O–H groups in total. The van der Waals surface area contributed by atoms with Crippen LogP contribution < -0.4 is 5.32 Å². The lowest BCUT2D eigenvalue weighted by atomic mass is 10.2. The van der Waals surface area contributed by atoms with E-state index in [1.807, 2.05) is 30.3 Å². The van der Waals surface area contributed by atoms with E-state index in [4.69, 9.17) is 4.74 Å². The van der Waals surface area contributed by atoms with Crippen molar-refractivity contribution in [3.05, 3.63) is 36.7 Å². The van der Waals surface area contributed by atoms with Crippen LogP contribution in [-0.4, -0.2) is 55.9 Å². The fourth-order valence-electron chi connectivity index (χ4n) is 2.79. The summed E-state index contributed by atoms with van der Waals surface area (Å²) >= 11 is 1.33. The predicted molar refractivity (Wildman–Crippen MR) is 97.2 cm³/mol. The normalized spacial score (nSPS) is 16.8. The van der Waals surface area contributed by atoms with Crippen molar-refractivity contribution in [2.45, 2.75) is 24.0 Å². The molecule has 1 unspecified atom stereocenters. The van der Waals surface area contributed by atoms with Gasteiger partial charge in [0.2, 0.25) is 5.91 Å². The average molecular weight is 370 g/mol. The van der Waals surface area contributed by atoms with E-state index in [1.54, 1.807) is 4.68 Å². The van der Waals surface area contributed by atoms with Crippen molar-refractivity contribution in [2.24, 2.45) is 0 Å². The molecular weight excluding hydrogens is 352 g/mol. The predicted octanol–water partition coefficient (Wildman–Crippen LogP) is 1.60. The molecular formula is C17H18N6O2S. The molecule has 4 rings (SSSR count). The number of hydrogen-bond acceptors (Lipinski definition) is 7. The monoisotopic (exact) mass is 370 g/mol. The number of fused-ring (bicyclic) bond motifs is 1. The van der Waals surface area contributed by atoms with E-state index in [1.165, 1.54) is 18.1 Å². The topological polar surface area (TPSA) is 94.8 Å². The molecule has 2 aromatic heterocycles. The molecule has 0 aliphatic carbocycles. The Balaban J connectivity index is 1.44. The molecule has 3 heterocycles. The van der Waals surface area contributed by atoms with Crippen LogP contribution in [0.3, 0.4) is 0 Å². The van der Waals surface area contributed by atoms with Crippen LogP contribution in [-0.2, 0) is 9.53 Å². The maximum atomic E-state index is 12.1. The van der Waals surface area contributed by atoms with Gasteiger partial charge in [-0.3, -0.25) is 4.79 Å². The molecule has 1 atom stereocenters. The Hall–Kier alpha value is -2.52. The molecule has 8 nitrogen and oxygen atoms in total. The standard InChI is InChI=1S/C17H18N6O2S/c24-14(18-9-13-7-4-8-25-13)10-26-17-15-16(19-11-20-17)23(22-21-15)12-5-2-1-3-6-12/h1-3,5-6,11,13H,4,7-10H2,(H,18,24). The van der Waals surface area contributed by atoms with Crippen LogP contribution in [0.15, 0.2) is 41.7 Å². The first-order valence-corrected chi connectivity index (χ1v) is 9.43. The van der Waals surface area contributed by atoms with Crippen molar-refractivity contribution in [1.29, 1.82) is 0 Å². The van der Waals surface area contributed by atoms with Crippen LogP contribution in [0.4, 0.5) is 0 Å². The van der Waals surface area contributed by atoms with E-state index in [0.29, 0.717) is 22.7 Å². The second kappa shape index (κ2) is 7.79. The van der Waals surface area contributed by atoms with Gasteiger partial charge in [-0.25, -0.2) is 9.97 Å². The number of ether oxygens (including phenoxy) is 1. The molecule has 0 radical (unpaired) electrons. The first kappa shape index (κ1) is 16.9. The highest BCUT2D eigenvalue weighted by molar-refractivity contribution is 8.00. The fraction of sp³-hybridized carbons (Fsp3) is 0.353. The van der Waals surface area contributed by atoms with Crippen LogP contribution in [0.1, 0.15) is 12.8 Å². The molecule has 9 heteroatoms. The number of benzene rings is 1. The van der Waals surface area contributed by atoms with E-state index < -0.39 is 0 Å². The van der Waals surface area contributed by atoms with Gasteiger partial charge in [-0.2, -0.15) is 4.68 Å². The largest absolute Gasteiger partial charge is 0.376 e. The summed E-state index contributed by atoms with van der Waals surface area (Å²) < 4.78 is 7.17. The van der Waals surface area contributed by atoms with Gasteiger partial charge in [-0.05, 0) is 25.0 Å². The van der Waals surface area contributed by atoms with E-state index in [0.717, 1.165) is 25.1 Å². The van der Waals surface area contributed by atoms with Crippen molar-refractivity contribution >= 4 is 28.8 Å². The fourth-order valence-corrected chi connectivity index (χ4v) is 3.56. The summed E-state index contributed by atoms with van der Waals surface area (Å²) in [7, 11) is 0. The molecule has 134 valence electrons. The van der Waals surface area contributed by atoms with Gasteiger partial charge in [0.15, 0.2) is 11.2 Å². The number of aromatic nitrogens is 5. The van der Waals surface area contributed by atoms with Crippen molar-refractivity contribution < 1.29 is 9.53 Å². The first-order chi connectivity index (χ1) is 12.8. The molecule has 1 fully saturated rings. The molecule has 1 saturated heterocycles. The highest BCUT2D eigenvalue weighted by Gasteiger charge is 2.17. The smallest absolute Gasteiger partial charge is 0.230 e. The number of amides is 1. The number of rotatable bonds is 6. The highest BCUT2D eigenvalue weighted by Crippen LogP contribution is 2.23. The Bertz CT molecular complexity index is 895. The molecule has 1 aromatic carbocycles. The summed E-state index contributed by atoms with van der Waals surface area (Å²) in [5.74, 6) is 0.213. The number of nitrogens with one attached hydrogen (secondary N) is 1. The summed E-state index contributed by atoms with van der Waals surface area (Å²) in [4.78, 5) is 20.6. The van der Waals surface area contributed by atoms with Crippen molar-refractivity contribution in [3.63, 3.8) is 0 Å². The molecule has 0 saturated carbocycles. The summed E-state index contributed by atoms with van der Waals surface area (Å²) in [6, 6.07) is 9.66. The van der Waals surface area contributed by atoms with E-state index in [2.05, 4.69) is 25.6 Å². The number of carbonyl (C=O) groups excluding carboxylic acids is 1. The Morgan fingerprint density at radius 1 is 1.31 bits per heavy atom. The number of carbonyl (C=O) groups is 1. The van der Waals surface area contributed by atoms with E-state index in [9.17, 15) is 4.79 Å². The van der Waals surface area contributed by atoms with Gasteiger partial charge in [-0.15, -0.1) is 5.10 Å². The van der Waals surface area contributed by atoms with Crippen LogP contribution >= 0.6 is 11.8 Å². The first-order valence-electron chi connectivity index (χ1n) is 8.44. The van der Waals surface area contributed by atoms with Gasteiger partial charge >= 0.3 is 0 Å². The van der Waals surface area contributed by atoms with Crippen molar-refractivity contribution in [3.8, 4) is 5.69 Å². The second-order valence-corrected chi connectivity index (χ2v) is 6.88. The van der Waals surface area contributed by atoms with Gasteiger partial charge in [0, 0.05) is 13.2 Å². The zero-order valence-electron chi connectivity index (χ0n) is 14.0. The number of hydrogen-bond donors (Lipinski definition) is 1. The molecule has 1 aliphatic heterocycles. The quantitative estimate of drug-likeness (QED) is 0.520. The van der Waals surface area contributed by atoms with Crippen LogP contribution in [0, 0.1) is 0 Å². The van der Waals surface area contributed by atoms with Crippen LogP contribution in [0.2, 0.25) is 0 Å². The van der Waals surface area contributed by atoms with Gasteiger partial charge in [0.05, 0.1) is 17.5 Å². The average Bonchev–Trinajstić information content (AvgIpc) is 3.35. The Morgan fingerprint density at radius 3 is 3.00 bits per heavy atom. The number of nitrogens with zero attached hydrogens (tertiary/aromatic N) is 5. The SMILES string of the molecule is O=C(CSc1ncnc2c1nnn2-c1ccccc1)NCC1CCCO1. The molecule has 0 bridgehead atoms. The van der Waals surface area contributed by atoms with E-state index >= 15 is 0 Å². The summed E-state index contributed by atoms with van der Waals surface area (Å²) in [5, 5.41) is 11.9. The number of thioether (sulfide) groups is 1. The third-order valence-electron chi connectivity index (χ3n) is 4.10. The highest BCUT2D eigenvalue weighted by atomic mass is 32.2. The van der Waals surface area contributed by atoms with Crippen LogP contribution in [0.25, 0.3) is 16.9 Å². The Morgan fingerprint density at radius 2 is 2.19 bits per heavy atom. The van der Waals surface area contributed by atoms with Gasteiger partial charge in [-0.1, -0.05) is 35.2 Å². The minimum Gasteiger partial charge on any atom is -0.376 e. The lowest BCUT2D eigenvalue weighted by Gasteiger charge is -2.10. The summed E-state index contributed by atoms with van der Waals surface area (Å²) in [5.41, 5.74) is 2.08. The molecule has 0 spiro atoms. The molecule has 1 amide bonds. The molecule has 1 aliphatic rings. The zero-order valence-corrected chi connectivity index (χ0v) is 14.9.